The van der Waals surface area contributed by atoms with Gasteiger partial charge in [0.2, 0.25) is 0 Å². The van der Waals surface area contributed by atoms with E-state index in [4.69, 9.17) is 0 Å². The SMILES string of the molecule is CC(C)(C)c1cc(C(C)(C)C)c(/C([Se])=N/O)c(C(C)(C)C)c1. The molecule has 123 valence electrons. The van der Waals surface area contributed by atoms with E-state index in [0.29, 0.717) is 4.61 Å². The fraction of sp³-hybridized carbons (Fsp3) is 0.632. The minimum absolute atomic E-state index is 0.0314. The Morgan fingerprint density at radius 1 is 0.818 bits per heavy atom. The van der Waals surface area contributed by atoms with Gasteiger partial charge >= 0.3 is 144 Å². The van der Waals surface area contributed by atoms with Gasteiger partial charge in [-0.15, -0.1) is 0 Å². The van der Waals surface area contributed by atoms with Crippen LogP contribution in [0.25, 0.3) is 0 Å². The van der Waals surface area contributed by atoms with E-state index in [-0.39, 0.29) is 16.2 Å². The first-order valence-corrected chi connectivity index (χ1v) is 8.64. The second kappa shape index (κ2) is 6.02. The molecule has 0 heterocycles. The van der Waals surface area contributed by atoms with Crippen molar-refractivity contribution in [3.8, 4) is 0 Å². The van der Waals surface area contributed by atoms with Crippen molar-refractivity contribution in [2.24, 2.45) is 5.16 Å². The summed E-state index contributed by atoms with van der Waals surface area (Å²) in [5.74, 6) is 0. The van der Waals surface area contributed by atoms with Gasteiger partial charge in [0.25, 0.3) is 0 Å². The van der Waals surface area contributed by atoms with Crippen molar-refractivity contribution in [2.45, 2.75) is 78.6 Å². The molecule has 0 aliphatic rings. The van der Waals surface area contributed by atoms with Gasteiger partial charge in [0.15, 0.2) is 0 Å². The standard InChI is InChI=1S/C19H30NOSe/c1-17(2,3)12-10-13(18(4,5)6)15(16(22)20-21)14(11-12)19(7,8)9/h10-11,21H,1-9H3/b20-16-. The van der Waals surface area contributed by atoms with Crippen LogP contribution in [-0.2, 0) is 16.2 Å². The molecule has 3 heteroatoms. The van der Waals surface area contributed by atoms with Crippen molar-refractivity contribution in [3.63, 3.8) is 0 Å². The number of hydrogen-bond acceptors (Lipinski definition) is 2. The molecule has 22 heavy (non-hydrogen) atoms. The molecule has 0 saturated heterocycles. The molecule has 1 radical (unpaired) electrons. The third kappa shape index (κ3) is 4.14. The fourth-order valence-corrected chi connectivity index (χ4v) is 3.00. The summed E-state index contributed by atoms with van der Waals surface area (Å²) in [5.41, 5.74) is 4.80. The summed E-state index contributed by atoms with van der Waals surface area (Å²) in [6.45, 7) is 19.9. The number of hydrogen-bond donors (Lipinski definition) is 1. The zero-order valence-corrected chi connectivity index (χ0v) is 17.2. The molecule has 0 aliphatic heterocycles. The van der Waals surface area contributed by atoms with Gasteiger partial charge in [-0.2, -0.15) is 0 Å². The van der Waals surface area contributed by atoms with E-state index >= 15 is 0 Å². The van der Waals surface area contributed by atoms with Crippen LogP contribution in [0.15, 0.2) is 17.3 Å². The van der Waals surface area contributed by atoms with Crippen molar-refractivity contribution in [1.82, 2.24) is 0 Å². The average molecular weight is 367 g/mol. The zero-order chi connectivity index (χ0) is 17.5. The van der Waals surface area contributed by atoms with Crippen LogP contribution in [0.4, 0.5) is 0 Å². The second-order valence-electron chi connectivity index (χ2n) is 9.10. The van der Waals surface area contributed by atoms with Gasteiger partial charge in [-0.25, -0.2) is 0 Å². The van der Waals surface area contributed by atoms with Gasteiger partial charge in [0, 0.05) is 0 Å². The predicted octanol–water partition coefficient (Wildman–Crippen LogP) is 4.88. The Kier molecular flexibility index (Phi) is 5.27. The summed E-state index contributed by atoms with van der Waals surface area (Å²) >= 11 is 2.93. The molecule has 0 atom stereocenters. The first kappa shape index (κ1) is 19.3. The number of oxime groups is 1. The third-order valence-electron chi connectivity index (χ3n) is 3.93. The summed E-state index contributed by atoms with van der Waals surface area (Å²) in [7, 11) is 0. The van der Waals surface area contributed by atoms with E-state index in [1.54, 1.807) is 0 Å². The molecule has 1 aromatic rings. The van der Waals surface area contributed by atoms with E-state index in [2.05, 4.69) is 95.6 Å². The zero-order valence-electron chi connectivity index (χ0n) is 15.5. The Balaban J connectivity index is 3.95. The van der Waals surface area contributed by atoms with E-state index in [0.717, 1.165) is 5.56 Å². The minimum atomic E-state index is -0.0314. The molecule has 0 aromatic heterocycles. The predicted molar refractivity (Wildman–Crippen MR) is 96.6 cm³/mol. The van der Waals surface area contributed by atoms with E-state index < -0.39 is 0 Å². The molecule has 0 amide bonds. The van der Waals surface area contributed by atoms with Gasteiger partial charge in [-0.1, -0.05) is 0 Å². The van der Waals surface area contributed by atoms with Crippen molar-refractivity contribution in [2.75, 3.05) is 0 Å². The van der Waals surface area contributed by atoms with Crippen LogP contribution in [0.5, 0.6) is 0 Å². The summed E-state index contributed by atoms with van der Waals surface area (Å²) < 4.78 is 0.565. The molecule has 2 nitrogen and oxygen atoms in total. The van der Waals surface area contributed by atoms with E-state index in [1.165, 1.54) is 16.7 Å². The first-order chi connectivity index (χ1) is 9.69. The summed E-state index contributed by atoms with van der Waals surface area (Å²) in [6, 6.07) is 4.54. The van der Waals surface area contributed by atoms with Gasteiger partial charge in [0.05, 0.1) is 0 Å². The number of benzene rings is 1. The van der Waals surface area contributed by atoms with Crippen LogP contribution in [0.2, 0.25) is 0 Å². The van der Waals surface area contributed by atoms with Gasteiger partial charge < -0.3 is 0 Å². The Morgan fingerprint density at radius 3 is 1.41 bits per heavy atom. The molecule has 0 bridgehead atoms. The normalized spacial score (nSPS) is 14.3. The van der Waals surface area contributed by atoms with Crippen LogP contribution in [-0.4, -0.2) is 25.8 Å². The van der Waals surface area contributed by atoms with Crippen molar-refractivity contribution < 1.29 is 5.21 Å². The summed E-state index contributed by atoms with van der Waals surface area (Å²) in [4.78, 5) is 0. The van der Waals surface area contributed by atoms with Gasteiger partial charge in [0.1, 0.15) is 0 Å². The van der Waals surface area contributed by atoms with E-state index in [9.17, 15) is 5.21 Å². The third-order valence-corrected chi connectivity index (χ3v) is 4.52. The molecule has 0 unspecified atom stereocenters. The van der Waals surface area contributed by atoms with Crippen LogP contribution in [0.1, 0.15) is 84.6 Å². The Hall–Kier alpha value is -0.791. The molecule has 0 spiro atoms. The van der Waals surface area contributed by atoms with Crippen LogP contribution >= 0.6 is 0 Å². The molecule has 1 aromatic carbocycles. The molecular weight excluding hydrogens is 337 g/mol. The van der Waals surface area contributed by atoms with Crippen LogP contribution in [0, 0.1) is 0 Å². The monoisotopic (exact) mass is 368 g/mol. The molecule has 1 rings (SSSR count). The van der Waals surface area contributed by atoms with Crippen LogP contribution < -0.4 is 0 Å². The van der Waals surface area contributed by atoms with Gasteiger partial charge in [-0.05, 0) is 0 Å². The Morgan fingerprint density at radius 2 is 1.18 bits per heavy atom. The van der Waals surface area contributed by atoms with Crippen molar-refractivity contribution in [3.05, 3.63) is 34.4 Å². The summed E-state index contributed by atoms with van der Waals surface area (Å²) in [6.07, 6.45) is 0. The molecule has 0 fully saturated rings. The fourth-order valence-electron chi connectivity index (χ4n) is 2.54. The average Bonchev–Trinajstić information content (AvgIpc) is 2.33. The second-order valence-corrected chi connectivity index (χ2v) is 9.91. The number of rotatable bonds is 1. The van der Waals surface area contributed by atoms with Crippen molar-refractivity contribution in [1.29, 1.82) is 0 Å². The topological polar surface area (TPSA) is 32.6 Å². The van der Waals surface area contributed by atoms with E-state index in [1.807, 2.05) is 0 Å². The van der Waals surface area contributed by atoms with Crippen molar-refractivity contribution >= 4 is 20.6 Å². The maximum absolute atomic E-state index is 9.35. The Labute approximate surface area is 144 Å². The molecule has 1 N–H and O–H groups in total. The van der Waals surface area contributed by atoms with Crippen LogP contribution in [0.3, 0.4) is 0 Å². The number of nitrogens with zero attached hydrogens (tertiary/aromatic N) is 1. The molecule has 0 saturated carbocycles. The first-order valence-electron chi connectivity index (χ1n) is 7.78. The maximum atomic E-state index is 9.35. The molecule has 0 aliphatic carbocycles. The Bertz CT molecular complexity index is 546. The molecular formula is C19H30NOSe. The summed E-state index contributed by atoms with van der Waals surface area (Å²) in [5, 5.41) is 12.8. The van der Waals surface area contributed by atoms with Gasteiger partial charge in [-0.3, -0.25) is 0 Å². The quantitative estimate of drug-likeness (QED) is 0.326.